The predicted octanol–water partition coefficient (Wildman–Crippen LogP) is 3.22. The van der Waals surface area contributed by atoms with Crippen molar-refractivity contribution in [1.82, 2.24) is 5.32 Å². The summed E-state index contributed by atoms with van der Waals surface area (Å²) in [4.78, 5) is 22.6. The minimum atomic E-state index is -0.927. The molecule has 0 radical (unpaired) electrons. The summed E-state index contributed by atoms with van der Waals surface area (Å²) in [6.45, 7) is 5.15. The van der Waals surface area contributed by atoms with Crippen LogP contribution < -0.4 is 5.32 Å². The van der Waals surface area contributed by atoms with Crippen molar-refractivity contribution in [2.75, 3.05) is 0 Å². The number of rotatable bonds is 7. The first kappa shape index (κ1) is 18.1. The smallest absolute Gasteiger partial charge is 0.303 e. The van der Waals surface area contributed by atoms with Crippen molar-refractivity contribution in [2.45, 2.75) is 51.5 Å². The van der Waals surface area contributed by atoms with Gasteiger partial charge in [0.2, 0.25) is 5.91 Å². The van der Waals surface area contributed by atoms with Crippen LogP contribution in [0.2, 0.25) is 0 Å². The summed E-state index contributed by atoms with van der Waals surface area (Å²) in [5.74, 6) is -2.97. The summed E-state index contributed by atoms with van der Waals surface area (Å²) in [5.41, 5.74) is -0.379. The van der Waals surface area contributed by atoms with Gasteiger partial charge in [-0.2, -0.15) is 0 Å². The van der Waals surface area contributed by atoms with Crippen molar-refractivity contribution in [2.24, 2.45) is 0 Å². The number of carbonyl (C=O) groups excluding carboxylic acids is 1. The standard InChI is InChI=1S/C16H21F2NO3/c1-10(12-5-4-11(17)9-13(12)18)8-14(20)19-16(2,3)7-6-15(21)22/h4-5,9-10H,6-8H2,1-3H3,(H,19,20)(H,21,22). The van der Waals surface area contributed by atoms with Gasteiger partial charge in [-0.05, 0) is 37.8 Å². The zero-order valence-electron chi connectivity index (χ0n) is 13.0. The van der Waals surface area contributed by atoms with Gasteiger partial charge in [0, 0.05) is 24.4 Å². The van der Waals surface area contributed by atoms with Crippen LogP contribution in [0.3, 0.4) is 0 Å². The number of carboxylic acids is 1. The van der Waals surface area contributed by atoms with E-state index in [2.05, 4.69) is 5.32 Å². The second-order valence-electron chi connectivity index (χ2n) is 6.10. The van der Waals surface area contributed by atoms with E-state index in [-0.39, 0.29) is 24.3 Å². The van der Waals surface area contributed by atoms with Crippen LogP contribution in [0, 0.1) is 11.6 Å². The first-order valence-corrected chi connectivity index (χ1v) is 7.08. The quantitative estimate of drug-likeness (QED) is 0.812. The third kappa shape index (κ3) is 5.79. The number of carboxylic acid groups (broad SMARTS) is 1. The molecule has 2 N–H and O–H groups in total. The van der Waals surface area contributed by atoms with Crippen molar-refractivity contribution in [1.29, 1.82) is 0 Å². The molecule has 0 aliphatic heterocycles. The van der Waals surface area contributed by atoms with Crippen molar-refractivity contribution in [3.05, 3.63) is 35.4 Å². The lowest BCUT2D eigenvalue weighted by Gasteiger charge is -2.26. The van der Waals surface area contributed by atoms with E-state index in [9.17, 15) is 18.4 Å². The summed E-state index contributed by atoms with van der Waals surface area (Å²) in [6.07, 6.45) is 0.293. The fourth-order valence-corrected chi connectivity index (χ4v) is 2.20. The molecule has 1 aromatic rings. The van der Waals surface area contributed by atoms with Crippen LogP contribution in [0.25, 0.3) is 0 Å². The lowest BCUT2D eigenvalue weighted by molar-refractivity contribution is -0.137. The lowest BCUT2D eigenvalue weighted by Crippen LogP contribution is -2.44. The Morgan fingerprint density at radius 1 is 1.32 bits per heavy atom. The molecule has 0 saturated carbocycles. The molecule has 0 aliphatic carbocycles. The highest BCUT2D eigenvalue weighted by Gasteiger charge is 2.23. The summed E-state index contributed by atoms with van der Waals surface area (Å²) in [5, 5.41) is 11.4. The monoisotopic (exact) mass is 313 g/mol. The molecule has 0 saturated heterocycles. The molecule has 0 bridgehead atoms. The Morgan fingerprint density at radius 2 is 1.95 bits per heavy atom. The maximum atomic E-state index is 13.7. The maximum Gasteiger partial charge on any atom is 0.303 e. The molecule has 122 valence electrons. The molecule has 1 atom stereocenters. The highest BCUT2D eigenvalue weighted by Crippen LogP contribution is 2.23. The SMILES string of the molecule is CC(CC(=O)NC(C)(C)CCC(=O)O)c1ccc(F)cc1F. The van der Waals surface area contributed by atoms with E-state index >= 15 is 0 Å². The highest BCUT2D eigenvalue weighted by atomic mass is 19.1. The molecule has 0 aromatic heterocycles. The number of benzene rings is 1. The van der Waals surface area contributed by atoms with E-state index in [1.165, 1.54) is 6.07 Å². The third-order valence-electron chi connectivity index (χ3n) is 3.43. The predicted molar refractivity (Wildman–Crippen MR) is 78.5 cm³/mol. The first-order chi connectivity index (χ1) is 10.1. The van der Waals surface area contributed by atoms with Crippen molar-refractivity contribution < 1.29 is 23.5 Å². The molecular formula is C16H21F2NO3. The molecule has 1 rings (SSSR count). The maximum absolute atomic E-state index is 13.7. The Morgan fingerprint density at radius 3 is 2.50 bits per heavy atom. The molecule has 0 fully saturated rings. The van der Waals surface area contributed by atoms with Gasteiger partial charge in [-0.25, -0.2) is 8.78 Å². The van der Waals surface area contributed by atoms with E-state index in [0.29, 0.717) is 6.42 Å². The second-order valence-corrected chi connectivity index (χ2v) is 6.10. The van der Waals surface area contributed by atoms with Crippen molar-refractivity contribution in [3.8, 4) is 0 Å². The van der Waals surface area contributed by atoms with Crippen molar-refractivity contribution >= 4 is 11.9 Å². The normalized spacial score (nSPS) is 12.8. The van der Waals surface area contributed by atoms with Gasteiger partial charge in [-0.15, -0.1) is 0 Å². The van der Waals surface area contributed by atoms with Crippen LogP contribution in [0.5, 0.6) is 0 Å². The van der Waals surface area contributed by atoms with E-state index in [1.807, 2.05) is 0 Å². The average Bonchev–Trinajstić information content (AvgIpc) is 2.35. The van der Waals surface area contributed by atoms with Crippen LogP contribution in [0.4, 0.5) is 8.78 Å². The minimum Gasteiger partial charge on any atom is -0.481 e. The number of hydrogen-bond donors (Lipinski definition) is 2. The largest absolute Gasteiger partial charge is 0.481 e. The van der Waals surface area contributed by atoms with Crippen LogP contribution in [0.15, 0.2) is 18.2 Å². The number of halogens is 2. The van der Waals surface area contributed by atoms with Gasteiger partial charge in [-0.3, -0.25) is 9.59 Å². The summed E-state index contributed by atoms with van der Waals surface area (Å²) >= 11 is 0. The van der Waals surface area contributed by atoms with Crippen LogP contribution in [0.1, 0.15) is 51.5 Å². The highest BCUT2D eigenvalue weighted by molar-refractivity contribution is 5.77. The molecule has 1 aromatic carbocycles. The molecule has 22 heavy (non-hydrogen) atoms. The molecule has 0 spiro atoms. The summed E-state index contributed by atoms with van der Waals surface area (Å²) < 4.78 is 26.5. The molecule has 0 heterocycles. The van der Waals surface area contributed by atoms with Gasteiger partial charge in [0.1, 0.15) is 11.6 Å². The van der Waals surface area contributed by atoms with Gasteiger partial charge >= 0.3 is 5.97 Å². The number of carbonyl (C=O) groups is 2. The molecule has 4 nitrogen and oxygen atoms in total. The fourth-order valence-electron chi connectivity index (χ4n) is 2.20. The molecular weight excluding hydrogens is 292 g/mol. The van der Waals surface area contributed by atoms with E-state index in [4.69, 9.17) is 5.11 Å². The van der Waals surface area contributed by atoms with E-state index in [1.54, 1.807) is 20.8 Å². The molecule has 6 heteroatoms. The molecule has 0 aliphatic rings. The number of hydrogen-bond acceptors (Lipinski definition) is 2. The van der Waals surface area contributed by atoms with Crippen molar-refractivity contribution in [3.63, 3.8) is 0 Å². The van der Waals surface area contributed by atoms with Gasteiger partial charge in [0.25, 0.3) is 0 Å². The van der Waals surface area contributed by atoms with E-state index < -0.39 is 29.1 Å². The summed E-state index contributed by atoms with van der Waals surface area (Å²) in [6, 6.07) is 3.28. The Hall–Kier alpha value is -1.98. The molecule has 1 amide bonds. The average molecular weight is 313 g/mol. The van der Waals surface area contributed by atoms with E-state index in [0.717, 1.165) is 12.1 Å². The third-order valence-corrected chi connectivity index (χ3v) is 3.43. The second kappa shape index (κ2) is 7.33. The first-order valence-electron chi connectivity index (χ1n) is 7.08. The Labute approximate surface area is 128 Å². The van der Waals surface area contributed by atoms with Gasteiger partial charge in [0.05, 0.1) is 0 Å². The minimum absolute atomic E-state index is 0.0407. The van der Waals surface area contributed by atoms with Gasteiger partial charge in [0.15, 0.2) is 0 Å². The topological polar surface area (TPSA) is 66.4 Å². The van der Waals surface area contributed by atoms with Gasteiger partial charge in [-0.1, -0.05) is 13.0 Å². The van der Waals surface area contributed by atoms with Crippen LogP contribution >= 0.6 is 0 Å². The number of aliphatic carboxylic acids is 1. The Kier molecular flexibility index (Phi) is 6.02. The lowest BCUT2D eigenvalue weighted by atomic mass is 9.94. The van der Waals surface area contributed by atoms with Gasteiger partial charge < -0.3 is 10.4 Å². The zero-order chi connectivity index (χ0) is 16.9. The van der Waals surface area contributed by atoms with Crippen LogP contribution in [-0.2, 0) is 9.59 Å². The molecule has 1 unspecified atom stereocenters. The Bertz CT molecular complexity index is 558. The fraction of sp³-hybridized carbons (Fsp3) is 0.500. The summed E-state index contributed by atoms with van der Waals surface area (Å²) in [7, 11) is 0. The zero-order valence-corrected chi connectivity index (χ0v) is 13.0. The number of nitrogens with one attached hydrogen (secondary N) is 1. The van der Waals surface area contributed by atoms with Crippen LogP contribution in [-0.4, -0.2) is 22.5 Å². The number of amides is 1. The Balaban J connectivity index is 2.62.